The van der Waals surface area contributed by atoms with Gasteiger partial charge in [-0.25, -0.2) is 9.97 Å². The maximum Gasteiger partial charge on any atom is 0.221 e. The molecular weight excluding hydrogens is 472 g/mol. The lowest BCUT2D eigenvalue weighted by molar-refractivity contribution is 0.928. The number of aromatic nitrogens is 4. The molecule has 5 heteroatoms. The van der Waals surface area contributed by atoms with Crippen molar-refractivity contribution in [3.05, 3.63) is 97.2 Å². The summed E-state index contributed by atoms with van der Waals surface area (Å²) in [6, 6.07) is 32.6. The SMILES string of the molecule is c1ccc(-n2c(-n3c4ccc5ccc6sc7ccc8ccc3c3c8c7c6c5c34)nc3ccccc32)nc1. The van der Waals surface area contributed by atoms with Crippen molar-refractivity contribution in [1.29, 1.82) is 0 Å². The minimum absolute atomic E-state index is 0.862. The Kier molecular flexibility index (Phi) is 3.07. The first-order chi connectivity index (χ1) is 18.4. The van der Waals surface area contributed by atoms with E-state index < -0.39 is 0 Å². The van der Waals surface area contributed by atoms with Crippen LogP contribution in [0.25, 0.3) is 86.3 Å². The van der Waals surface area contributed by atoms with E-state index in [0.29, 0.717) is 0 Å². The van der Waals surface area contributed by atoms with E-state index in [2.05, 4.69) is 81.9 Å². The van der Waals surface area contributed by atoms with Crippen LogP contribution in [0.1, 0.15) is 0 Å². The molecular formula is C32H16N4S. The first kappa shape index (κ1) is 18.5. The van der Waals surface area contributed by atoms with E-state index in [-0.39, 0.29) is 0 Å². The number of pyridine rings is 1. The van der Waals surface area contributed by atoms with Crippen molar-refractivity contribution in [2.24, 2.45) is 0 Å². The quantitative estimate of drug-likeness (QED) is 0.181. The molecule has 37 heavy (non-hydrogen) atoms. The number of nitrogens with zero attached hydrogens (tertiary/aromatic N) is 4. The lowest BCUT2D eigenvalue weighted by Gasteiger charge is -2.11. The van der Waals surface area contributed by atoms with Crippen molar-refractivity contribution in [3.63, 3.8) is 0 Å². The molecule has 170 valence electrons. The first-order valence-electron chi connectivity index (χ1n) is 12.4. The third kappa shape index (κ3) is 2.05. The van der Waals surface area contributed by atoms with E-state index in [9.17, 15) is 0 Å². The topological polar surface area (TPSA) is 35.6 Å². The van der Waals surface area contributed by atoms with Gasteiger partial charge in [0, 0.05) is 47.9 Å². The number of hydrogen-bond donors (Lipinski definition) is 0. The van der Waals surface area contributed by atoms with Gasteiger partial charge in [0.05, 0.1) is 22.1 Å². The Balaban J connectivity index is 1.50. The minimum atomic E-state index is 0.862. The predicted molar refractivity (Wildman–Crippen MR) is 155 cm³/mol. The average molecular weight is 489 g/mol. The average Bonchev–Trinajstić information content (AvgIpc) is 3.62. The molecule has 0 aliphatic heterocycles. The van der Waals surface area contributed by atoms with Gasteiger partial charge >= 0.3 is 0 Å². The van der Waals surface area contributed by atoms with Crippen LogP contribution >= 0.6 is 11.3 Å². The normalized spacial score (nSPS) is 12.9. The van der Waals surface area contributed by atoms with Crippen LogP contribution in [0.3, 0.4) is 0 Å². The zero-order chi connectivity index (χ0) is 23.8. The fraction of sp³-hybridized carbons (Fsp3) is 0. The Morgan fingerprint density at radius 1 is 0.514 bits per heavy atom. The molecule has 0 unspecified atom stereocenters. The molecule has 0 spiro atoms. The molecule has 0 N–H and O–H groups in total. The molecule has 0 bridgehead atoms. The highest BCUT2D eigenvalue weighted by atomic mass is 32.1. The van der Waals surface area contributed by atoms with Crippen molar-refractivity contribution in [2.45, 2.75) is 0 Å². The Morgan fingerprint density at radius 3 is 1.84 bits per heavy atom. The maximum atomic E-state index is 5.22. The van der Waals surface area contributed by atoms with E-state index in [1.54, 1.807) is 0 Å². The number of rotatable bonds is 2. The van der Waals surface area contributed by atoms with E-state index in [1.807, 2.05) is 35.7 Å². The Hall–Kier alpha value is -4.74. The summed E-state index contributed by atoms with van der Waals surface area (Å²) in [7, 11) is 0. The Bertz CT molecular complexity index is 2350. The summed E-state index contributed by atoms with van der Waals surface area (Å²) in [4.78, 5) is 9.95. The van der Waals surface area contributed by atoms with Gasteiger partial charge < -0.3 is 0 Å². The summed E-state index contributed by atoms with van der Waals surface area (Å²) in [6.07, 6.45) is 1.85. The summed E-state index contributed by atoms with van der Waals surface area (Å²) in [5, 5.41) is 10.8. The fourth-order valence-corrected chi connectivity index (χ4v) is 7.78. The molecule has 0 fully saturated rings. The second-order valence-corrected chi connectivity index (χ2v) is 10.9. The molecule has 0 aliphatic rings. The monoisotopic (exact) mass is 488 g/mol. The van der Waals surface area contributed by atoms with Crippen LogP contribution in [0, 0.1) is 0 Å². The molecule has 10 aromatic rings. The molecule has 0 saturated heterocycles. The summed E-state index contributed by atoms with van der Waals surface area (Å²) in [6.45, 7) is 0. The van der Waals surface area contributed by atoms with E-state index in [1.165, 1.54) is 63.5 Å². The Morgan fingerprint density at radius 2 is 1.16 bits per heavy atom. The highest BCUT2D eigenvalue weighted by molar-refractivity contribution is 7.26. The van der Waals surface area contributed by atoms with Crippen LogP contribution in [0.4, 0.5) is 0 Å². The highest BCUT2D eigenvalue weighted by Crippen LogP contribution is 2.52. The van der Waals surface area contributed by atoms with Crippen molar-refractivity contribution >= 4 is 85.9 Å². The van der Waals surface area contributed by atoms with Gasteiger partial charge in [0.1, 0.15) is 5.82 Å². The molecule has 4 heterocycles. The molecule has 0 atom stereocenters. The predicted octanol–water partition coefficient (Wildman–Crippen LogP) is 8.51. The maximum absolute atomic E-state index is 5.22. The highest BCUT2D eigenvalue weighted by Gasteiger charge is 2.27. The molecule has 4 aromatic heterocycles. The van der Waals surface area contributed by atoms with Gasteiger partial charge in [-0.1, -0.05) is 42.5 Å². The smallest absolute Gasteiger partial charge is 0.221 e. The molecule has 0 radical (unpaired) electrons. The number of hydrogen-bond acceptors (Lipinski definition) is 3. The van der Waals surface area contributed by atoms with Crippen LogP contribution < -0.4 is 0 Å². The van der Waals surface area contributed by atoms with E-state index >= 15 is 0 Å². The first-order valence-corrected chi connectivity index (χ1v) is 13.3. The fourth-order valence-electron chi connectivity index (χ4n) is 6.66. The van der Waals surface area contributed by atoms with Crippen LogP contribution in [0.15, 0.2) is 97.2 Å². The van der Waals surface area contributed by atoms with Crippen LogP contribution in [0.2, 0.25) is 0 Å². The van der Waals surface area contributed by atoms with Crippen molar-refractivity contribution in [2.75, 3.05) is 0 Å². The van der Waals surface area contributed by atoms with Gasteiger partial charge in [-0.2, -0.15) is 0 Å². The summed E-state index contributed by atoms with van der Waals surface area (Å²) >= 11 is 1.90. The molecule has 4 nitrogen and oxygen atoms in total. The summed E-state index contributed by atoms with van der Waals surface area (Å²) in [5.74, 6) is 1.73. The minimum Gasteiger partial charge on any atom is -0.279 e. The summed E-state index contributed by atoms with van der Waals surface area (Å²) < 4.78 is 7.26. The molecule has 0 aliphatic carbocycles. The van der Waals surface area contributed by atoms with Gasteiger partial charge in [-0.15, -0.1) is 11.3 Å². The molecule has 0 amide bonds. The lowest BCUT2D eigenvalue weighted by atomic mass is 9.90. The number of fused-ring (bicyclic) bond motifs is 1. The third-order valence-corrected chi connectivity index (χ3v) is 9.20. The zero-order valence-corrected chi connectivity index (χ0v) is 20.3. The van der Waals surface area contributed by atoms with Crippen LogP contribution in [-0.2, 0) is 0 Å². The molecule has 0 saturated carbocycles. The van der Waals surface area contributed by atoms with Crippen LogP contribution in [0.5, 0.6) is 0 Å². The van der Waals surface area contributed by atoms with Gasteiger partial charge in [-0.05, 0) is 59.3 Å². The molecule has 10 rings (SSSR count). The summed E-state index contributed by atoms with van der Waals surface area (Å²) in [5.41, 5.74) is 4.37. The van der Waals surface area contributed by atoms with Gasteiger partial charge in [0.15, 0.2) is 0 Å². The number of para-hydroxylation sites is 2. The van der Waals surface area contributed by atoms with Gasteiger partial charge in [0.25, 0.3) is 0 Å². The van der Waals surface area contributed by atoms with Crippen molar-refractivity contribution in [1.82, 2.24) is 19.1 Å². The van der Waals surface area contributed by atoms with Crippen molar-refractivity contribution < 1.29 is 0 Å². The van der Waals surface area contributed by atoms with E-state index in [4.69, 9.17) is 9.97 Å². The zero-order valence-electron chi connectivity index (χ0n) is 19.4. The second-order valence-electron chi connectivity index (χ2n) is 9.85. The number of imidazole rings is 1. The van der Waals surface area contributed by atoms with Crippen LogP contribution in [-0.4, -0.2) is 19.1 Å². The Labute approximate surface area is 213 Å². The number of benzene rings is 6. The number of thiophene rings is 1. The van der Waals surface area contributed by atoms with Crippen molar-refractivity contribution in [3.8, 4) is 11.8 Å². The van der Waals surface area contributed by atoms with E-state index in [0.717, 1.165) is 22.8 Å². The largest absolute Gasteiger partial charge is 0.279 e. The van der Waals surface area contributed by atoms with Gasteiger partial charge in [-0.3, -0.25) is 9.13 Å². The lowest BCUT2D eigenvalue weighted by Crippen LogP contribution is -2.06. The van der Waals surface area contributed by atoms with Gasteiger partial charge in [0.2, 0.25) is 5.95 Å². The third-order valence-electron chi connectivity index (χ3n) is 8.08. The second kappa shape index (κ2) is 6.14. The standard InChI is InChI=1S/C32H16N4S/c1-2-6-20-19(5-1)34-32(36(20)25-7-3-4-16-33-25)35-21-12-8-17-10-14-23-30-26(17)28(21)29-22(35)13-9-18-11-15-24(37-23)31(30)27(18)29/h1-16H. The molecule has 6 aromatic carbocycles.